The van der Waals surface area contributed by atoms with Gasteiger partial charge in [0.2, 0.25) is 0 Å². The maximum Gasteiger partial charge on any atom is 0.179 e. The molecule has 1 N–H and O–H groups in total. The highest BCUT2D eigenvalue weighted by molar-refractivity contribution is 7.11. The van der Waals surface area contributed by atoms with Crippen LogP contribution in [0.4, 0.5) is 0 Å². The van der Waals surface area contributed by atoms with E-state index in [-0.39, 0.29) is 0 Å². The Morgan fingerprint density at radius 1 is 1.10 bits per heavy atom. The van der Waals surface area contributed by atoms with Crippen LogP contribution in [0.2, 0.25) is 5.02 Å². The predicted octanol–water partition coefficient (Wildman–Crippen LogP) is 4.27. The zero-order valence-electron chi connectivity index (χ0n) is 12.5. The van der Waals surface area contributed by atoms with Crippen LogP contribution in [0.25, 0.3) is 0 Å². The predicted molar refractivity (Wildman–Crippen MR) is 88.8 cm³/mol. The molecule has 0 saturated carbocycles. The van der Waals surface area contributed by atoms with Crippen molar-refractivity contribution in [1.29, 1.82) is 0 Å². The first-order valence-corrected chi connectivity index (χ1v) is 8.06. The second-order valence-electron chi connectivity index (χ2n) is 4.64. The third-order valence-corrected chi connectivity index (χ3v) is 4.70. The molecular formula is C16H20ClNO2S. The van der Waals surface area contributed by atoms with Gasteiger partial charge in [-0.1, -0.05) is 18.5 Å². The first-order valence-electron chi connectivity index (χ1n) is 6.86. The first kappa shape index (κ1) is 16.1. The molecule has 114 valence electrons. The van der Waals surface area contributed by atoms with Gasteiger partial charge in [-0.25, -0.2) is 0 Å². The summed E-state index contributed by atoms with van der Waals surface area (Å²) in [6.45, 7) is 3.77. The summed E-state index contributed by atoms with van der Waals surface area (Å²) < 4.78 is 10.5. The van der Waals surface area contributed by atoms with Crippen molar-refractivity contribution >= 4 is 22.9 Å². The fourth-order valence-corrected chi connectivity index (χ4v) is 3.35. The van der Waals surface area contributed by atoms with E-state index in [1.807, 2.05) is 23.5 Å². The van der Waals surface area contributed by atoms with Crippen molar-refractivity contribution in [3.63, 3.8) is 0 Å². The molecule has 0 saturated heterocycles. The van der Waals surface area contributed by atoms with Crippen LogP contribution in [0.3, 0.4) is 0 Å². The van der Waals surface area contributed by atoms with Crippen LogP contribution in [-0.4, -0.2) is 14.2 Å². The average molecular weight is 326 g/mol. The Bertz CT molecular complexity index is 598. The highest BCUT2D eigenvalue weighted by atomic mass is 35.5. The van der Waals surface area contributed by atoms with Gasteiger partial charge in [-0.05, 0) is 36.2 Å². The fourth-order valence-electron chi connectivity index (χ4n) is 2.11. The van der Waals surface area contributed by atoms with E-state index in [0.29, 0.717) is 16.5 Å². The summed E-state index contributed by atoms with van der Waals surface area (Å²) in [5.74, 6) is 1.24. The lowest BCUT2D eigenvalue weighted by molar-refractivity contribution is 0.354. The van der Waals surface area contributed by atoms with E-state index in [0.717, 1.165) is 25.1 Å². The van der Waals surface area contributed by atoms with Crippen molar-refractivity contribution in [3.05, 3.63) is 44.6 Å². The summed E-state index contributed by atoms with van der Waals surface area (Å²) in [5, 5.41) is 3.99. The van der Waals surface area contributed by atoms with Gasteiger partial charge in [-0.3, -0.25) is 0 Å². The van der Waals surface area contributed by atoms with Crippen LogP contribution in [0.1, 0.15) is 22.2 Å². The van der Waals surface area contributed by atoms with E-state index in [2.05, 4.69) is 24.4 Å². The molecule has 0 atom stereocenters. The molecule has 1 aromatic heterocycles. The fraction of sp³-hybridized carbons (Fsp3) is 0.375. The lowest BCUT2D eigenvalue weighted by Gasteiger charge is -2.12. The second-order valence-corrected chi connectivity index (χ2v) is 6.30. The number of hydrogen-bond donors (Lipinski definition) is 1. The van der Waals surface area contributed by atoms with Crippen LogP contribution in [0.5, 0.6) is 11.5 Å². The quantitative estimate of drug-likeness (QED) is 0.824. The van der Waals surface area contributed by atoms with Crippen LogP contribution < -0.4 is 14.8 Å². The van der Waals surface area contributed by atoms with Crippen molar-refractivity contribution in [1.82, 2.24) is 5.32 Å². The molecular weight excluding hydrogens is 306 g/mol. The maximum absolute atomic E-state index is 6.20. The van der Waals surface area contributed by atoms with Gasteiger partial charge in [-0.2, -0.15) is 0 Å². The summed E-state index contributed by atoms with van der Waals surface area (Å²) >= 11 is 8.05. The Morgan fingerprint density at radius 2 is 1.86 bits per heavy atom. The Morgan fingerprint density at radius 3 is 2.48 bits per heavy atom. The molecule has 0 fully saturated rings. The third kappa shape index (κ3) is 4.13. The summed E-state index contributed by atoms with van der Waals surface area (Å²) in [7, 11) is 3.20. The monoisotopic (exact) mass is 325 g/mol. The topological polar surface area (TPSA) is 30.5 Å². The second kappa shape index (κ2) is 7.69. The number of ether oxygens (including phenoxy) is 2. The van der Waals surface area contributed by atoms with Crippen molar-refractivity contribution in [2.75, 3.05) is 14.2 Å². The molecule has 2 rings (SSSR count). The van der Waals surface area contributed by atoms with E-state index < -0.39 is 0 Å². The SMILES string of the molecule is CCc1ccc(CNCc2cc(Cl)c(OC)c(OC)c2)s1. The zero-order chi connectivity index (χ0) is 15.2. The molecule has 0 amide bonds. The lowest BCUT2D eigenvalue weighted by atomic mass is 10.2. The van der Waals surface area contributed by atoms with E-state index in [4.69, 9.17) is 21.1 Å². The highest BCUT2D eigenvalue weighted by Crippen LogP contribution is 2.35. The largest absolute Gasteiger partial charge is 0.493 e. The number of nitrogens with one attached hydrogen (secondary N) is 1. The Hall–Kier alpha value is -1.23. The van der Waals surface area contributed by atoms with Gasteiger partial charge in [-0.15, -0.1) is 11.3 Å². The molecule has 0 bridgehead atoms. The molecule has 0 radical (unpaired) electrons. The molecule has 5 heteroatoms. The summed E-state index contributed by atoms with van der Waals surface area (Å²) in [5.41, 5.74) is 1.07. The minimum atomic E-state index is 0.568. The number of benzene rings is 1. The van der Waals surface area contributed by atoms with Gasteiger partial charge in [0.15, 0.2) is 11.5 Å². The van der Waals surface area contributed by atoms with E-state index in [1.54, 1.807) is 14.2 Å². The molecule has 2 aromatic rings. The van der Waals surface area contributed by atoms with Crippen LogP contribution in [-0.2, 0) is 19.5 Å². The molecule has 0 aliphatic carbocycles. The van der Waals surface area contributed by atoms with Crippen molar-refractivity contribution in [2.24, 2.45) is 0 Å². The van der Waals surface area contributed by atoms with E-state index in [1.165, 1.54) is 9.75 Å². The number of halogens is 1. The minimum Gasteiger partial charge on any atom is -0.493 e. The molecule has 1 aromatic carbocycles. The van der Waals surface area contributed by atoms with Gasteiger partial charge in [0.1, 0.15) is 0 Å². The molecule has 0 aliphatic heterocycles. The smallest absolute Gasteiger partial charge is 0.179 e. The van der Waals surface area contributed by atoms with E-state index in [9.17, 15) is 0 Å². The summed E-state index contributed by atoms with van der Waals surface area (Å²) in [6, 6.07) is 8.22. The standard InChI is InChI=1S/C16H20ClNO2S/c1-4-12-5-6-13(21-12)10-18-9-11-7-14(17)16(20-3)15(8-11)19-2/h5-8,18H,4,9-10H2,1-3H3. The maximum atomic E-state index is 6.20. The summed E-state index contributed by atoms with van der Waals surface area (Å²) in [6.07, 6.45) is 1.09. The van der Waals surface area contributed by atoms with Gasteiger partial charge in [0.25, 0.3) is 0 Å². The van der Waals surface area contributed by atoms with Crippen molar-refractivity contribution in [3.8, 4) is 11.5 Å². The summed E-state index contributed by atoms with van der Waals surface area (Å²) in [4.78, 5) is 2.76. The van der Waals surface area contributed by atoms with Gasteiger partial charge in [0, 0.05) is 22.8 Å². The Labute approximate surface area is 134 Å². The number of methoxy groups -OCH3 is 2. The van der Waals surface area contributed by atoms with Crippen LogP contribution in [0.15, 0.2) is 24.3 Å². The van der Waals surface area contributed by atoms with Crippen molar-refractivity contribution in [2.45, 2.75) is 26.4 Å². The van der Waals surface area contributed by atoms with Crippen LogP contribution >= 0.6 is 22.9 Å². The van der Waals surface area contributed by atoms with E-state index >= 15 is 0 Å². The molecule has 3 nitrogen and oxygen atoms in total. The average Bonchev–Trinajstić information content (AvgIpc) is 2.94. The number of hydrogen-bond acceptors (Lipinski definition) is 4. The minimum absolute atomic E-state index is 0.568. The number of aryl methyl sites for hydroxylation is 1. The van der Waals surface area contributed by atoms with Gasteiger partial charge < -0.3 is 14.8 Å². The zero-order valence-corrected chi connectivity index (χ0v) is 14.1. The highest BCUT2D eigenvalue weighted by Gasteiger charge is 2.10. The molecule has 0 unspecified atom stereocenters. The molecule has 1 heterocycles. The first-order chi connectivity index (χ1) is 10.2. The third-order valence-electron chi connectivity index (χ3n) is 3.19. The Balaban J connectivity index is 1.98. The molecule has 0 aliphatic rings. The number of rotatable bonds is 7. The van der Waals surface area contributed by atoms with Crippen LogP contribution in [0, 0.1) is 0 Å². The number of thiophene rings is 1. The van der Waals surface area contributed by atoms with Crippen molar-refractivity contribution < 1.29 is 9.47 Å². The lowest BCUT2D eigenvalue weighted by Crippen LogP contribution is -2.12. The molecule has 21 heavy (non-hydrogen) atoms. The Kier molecular flexibility index (Phi) is 5.91. The van der Waals surface area contributed by atoms with Gasteiger partial charge >= 0.3 is 0 Å². The molecule has 0 spiro atoms. The normalized spacial score (nSPS) is 10.7. The van der Waals surface area contributed by atoms with Gasteiger partial charge in [0.05, 0.1) is 19.2 Å².